The first-order chi connectivity index (χ1) is 15.5. The van der Waals surface area contributed by atoms with Crippen molar-refractivity contribution in [3.63, 3.8) is 0 Å². The first-order valence-electron chi connectivity index (χ1n) is 11.1. The highest BCUT2D eigenvalue weighted by Crippen LogP contribution is 2.10. The van der Waals surface area contributed by atoms with Gasteiger partial charge in [0.2, 0.25) is 17.7 Å². The standard InChI is InChI=1S/C23H36N4O6/c1-5-14(4)19(23(32)33)27-22(31)18(13(2)3)26-21(30)17(12-28)25-20(29)16(24)11-15-9-7-6-8-10-15/h6-10,13-14,16-19,28H,5,11-12,24H2,1-4H3,(H,25,29)(H,26,30)(H,27,31)(H,32,33). The van der Waals surface area contributed by atoms with Gasteiger partial charge in [-0.1, -0.05) is 64.4 Å². The molecule has 1 aromatic rings. The molecule has 5 unspecified atom stereocenters. The van der Waals surface area contributed by atoms with Gasteiger partial charge in [0, 0.05) is 0 Å². The van der Waals surface area contributed by atoms with Crippen LogP contribution in [0.15, 0.2) is 30.3 Å². The summed E-state index contributed by atoms with van der Waals surface area (Å²) in [5.41, 5.74) is 6.77. The Kier molecular flexibility index (Phi) is 11.5. The number of nitrogens with one attached hydrogen (secondary N) is 3. The van der Waals surface area contributed by atoms with Gasteiger partial charge in [-0.3, -0.25) is 14.4 Å². The molecule has 0 aliphatic heterocycles. The molecule has 10 nitrogen and oxygen atoms in total. The van der Waals surface area contributed by atoms with Crippen molar-refractivity contribution < 1.29 is 29.4 Å². The second kappa shape index (κ2) is 13.5. The van der Waals surface area contributed by atoms with Crippen LogP contribution in [0.5, 0.6) is 0 Å². The third kappa shape index (κ3) is 8.82. The maximum atomic E-state index is 12.7. The number of amides is 3. The highest BCUT2D eigenvalue weighted by Gasteiger charge is 2.33. The van der Waals surface area contributed by atoms with Crippen LogP contribution in [-0.2, 0) is 25.6 Å². The molecule has 5 atom stereocenters. The minimum absolute atomic E-state index is 0.246. The topological polar surface area (TPSA) is 171 Å². The van der Waals surface area contributed by atoms with Gasteiger partial charge in [0.15, 0.2) is 0 Å². The SMILES string of the molecule is CCC(C)C(NC(=O)C(NC(=O)C(CO)NC(=O)C(N)Cc1ccccc1)C(C)C)C(=O)O. The van der Waals surface area contributed by atoms with Crippen LogP contribution in [0.25, 0.3) is 0 Å². The molecule has 7 N–H and O–H groups in total. The molecule has 0 bridgehead atoms. The van der Waals surface area contributed by atoms with Crippen molar-refractivity contribution in [1.82, 2.24) is 16.0 Å². The second-order valence-electron chi connectivity index (χ2n) is 8.48. The number of aliphatic carboxylic acids is 1. The van der Waals surface area contributed by atoms with Crippen molar-refractivity contribution in [3.8, 4) is 0 Å². The molecule has 0 aromatic heterocycles. The average molecular weight is 465 g/mol. The van der Waals surface area contributed by atoms with Crippen molar-refractivity contribution in [2.24, 2.45) is 17.6 Å². The lowest BCUT2D eigenvalue weighted by Gasteiger charge is -2.27. The van der Waals surface area contributed by atoms with E-state index in [0.717, 1.165) is 5.56 Å². The van der Waals surface area contributed by atoms with Gasteiger partial charge in [-0.05, 0) is 23.8 Å². The summed E-state index contributed by atoms with van der Waals surface area (Å²) >= 11 is 0. The number of aliphatic hydroxyl groups is 1. The normalized spacial score (nSPS) is 15.6. The Hall–Kier alpha value is -2.98. The first-order valence-corrected chi connectivity index (χ1v) is 11.1. The van der Waals surface area contributed by atoms with E-state index in [1.165, 1.54) is 0 Å². The Morgan fingerprint density at radius 3 is 1.97 bits per heavy atom. The molecule has 184 valence electrons. The number of carbonyl (C=O) groups is 4. The van der Waals surface area contributed by atoms with Gasteiger partial charge in [-0.25, -0.2) is 4.79 Å². The summed E-state index contributed by atoms with van der Waals surface area (Å²) in [5.74, 6) is -3.92. The van der Waals surface area contributed by atoms with E-state index in [9.17, 15) is 29.4 Å². The summed E-state index contributed by atoms with van der Waals surface area (Å²) in [4.78, 5) is 49.4. The molecule has 1 aromatic carbocycles. The van der Waals surface area contributed by atoms with Crippen LogP contribution in [0.2, 0.25) is 0 Å². The van der Waals surface area contributed by atoms with Gasteiger partial charge in [-0.15, -0.1) is 0 Å². The van der Waals surface area contributed by atoms with Crippen molar-refractivity contribution in [2.45, 2.75) is 64.7 Å². The van der Waals surface area contributed by atoms with Gasteiger partial charge in [0.05, 0.1) is 12.6 Å². The zero-order chi connectivity index (χ0) is 25.1. The molecule has 3 amide bonds. The maximum absolute atomic E-state index is 12.7. The minimum Gasteiger partial charge on any atom is -0.480 e. The first kappa shape index (κ1) is 28.1. The van der Waals surface area contributed by atoms with E-state index in [1.54, 1.807) is 20.8 Å². The lowest BCUT2D eigenvalue weighted by atomic mass is 9.97. The third-order valence-electron chi connectivity index (χ3n) is 5.47. The summed E-state index contributed by atoms with van der Waals surface area (Å²) in [5, 5.41) is 26.4. The monoisotopic (exact) mass is 464 g/mol. The zero-order valence-electron chi connectivity index (χ0n) is 19.6. The minimum atomic E-state index is -1.32. The van der Waals surface area contributed by atoms with Gasteiger partial charge < -0.3 is 31.9 Å². The van der Waals surface area contributed by atoms with Crippen molar-refractivity contribution in [1.29, 1.82) is 0 Å². The number of aliphatic hydroxyl groups excluding tert-OH is 1. The Morgan fingerprint density at radius 1 is 0.909 bits per heavy atom. The molecule has 0 radical (unpaired) electrons. The number of nitrogens with two attached hydrogens (primary N) is 1. The average Bonchev–Trinajstić information content (AvgIpc) is 2.78. The smallest absolute Gasteiger partial charge is 0.326 e. The van der Waals surface area contributed by atoms with E-state index in [1.807, 2.05) is 37.3 Å². The molecule has 33 heavy (non-hydrogen) atoms. The predicted octanol–water partition coefficient (Wildman–Crippen LogP) is -0.210. The fraction of sp³-hybridized carbons (Fsp3) is 0.565. The van der Waals surface area contributed by atoms with E-state index in [2.05, 4.69) is 16.0 Å². The van der Waals surface area contributed by atoms with Gasteiger partial charge in [-0.2, -0.15) is 0 Å². The quantitative estimate of drug-likeness (QED) is 0.234. The van der Waals surface area contributed by atoms with Crippen LogP contribution in [0, 0.1) is 11.8 Å². The predicted molar refractivity (Wildman–Crippen MR) is 123 cm³/mol. The van der Waals surface area contributed by atoms with E-state index in [0.29, 0.717) is 6.42 Å². The number of hydrogen-bond acceptors (Lipinski definition) is 6. The number of carboxylic acid groups (broad SMARTS) is 1. The Labute approximate surface area is 194 Å². The van der Waals surface area contributed by atoms with Gasteiger partial charge >= 0.3 is 5.97 Å². The lowest BCUT2D eigenvalue weighted by molar-refractivity contribution is -0.144. The highest BCUT2D eigenvalue weighted by atomic mass is 16.4. The van der Waals surface area contributed by atoms with Crippen molar-refractivity contribution >= 4 is 23.7 Å². The molecule has 0 aliphatic carbocycles. The molecular formula is C23H36N4O6. The molecule has 0 saturated heterocycles. The maximum Gasteiger partial charge on any atom is 0.326 e. The van der Waals surface area contributed by atoms with E-state index < -0.39 is 54.5 Å². The Bertz CT molecular complexity index is 801. The van der Waals surface area contributed by atoms with Crippen molar-refractivity contribution in [2.75, 3.05) is 6.61 Å². The molecule has 10 heteroatoms. The van der Waals surface area contributed by atoms with Crippen LogP contribution in [0.1, 0.15) is 39.7 Å². The van der Waals surface area contributed by atoms with Crippen molar-refractivity contribution in [3.05, 3.63) is 35.9 Å². The van der Waals surface area contributed by atoms with E-state index >= 15 is 0 Å². The van der Waals surface area contributed by atoms with Crippen LogP contribution in [0.3, 0.4) is 0 Å². The molecule has 0 spiro atoms. The van der Waals surface area contributed by atoms with Gasteiger partial charge in [0.1, 0.15) is 18.1 Å². The van der Waals surface area contributed by atoms with Gasteiger partial charge in [0.25, 0.3) is 0 Å². The van der Waals surface area contributed by atoms with Crippen LogP contribution >= 0.6 is 0 Å². The molecule has 0 fully saturated rings. The van der Waals surface area contributed by atoms with Crippen LogP contribution < -0.4 is 21.7 Å². The second-order valence-corrected chi connectivity index (χ2v) is 8.48. The zero-order valence-corrected chi connectivity index (χ0v) is 19.6. The van der Waals surface area contributed by atoms with E-state index in [4.69, 9.17) is 5.73 Å². The molecule has 0 aliphatic rings. The number of carbonyl (C=O) groups excluding carboxylic acids is 3. The van der Waals surface area contributed by atoms with Crippen LogP contribution in [-0.4, -0.2) is 64.7 Å². The third-order valence-corrected chi connectivity index (χ3v) is 5.47. The van der Waals surface area contributed by atoms with Crippen LogP contribution in [0.4, 0.5) is 0 Å². The fourth-order valence-corrected chi connectivity index (χ4v) is 3.15. The molecule has 1 rings (SSSR count). The summed E-state index contributed by atoms with van der Waals surface area (Å²) in [6.07, 6.45) is 0.785. The lowest BCUT2D eigenvalue weighted by Crippen LogP contribution is -2.59. The Balaban J connectivity index is 2.81. The van der Waals surface area contributed by atoms with E-state index in [-0.39, 0.29) is 18.3 Å². The number of hydrogen-bond donors (Lipinski definition) is 6. The molecular weight excluding hydrogens is 428 g/mol. The number of rotatable bonds is 13. The largest absolute Gasteiger partial charge is 0.480 e. The summed E-state index contributed by atoms with van der Waals surface area (Å²) in [6, 6.07) is 4.68. The fourth-order valence-electron chi connectivity index (χ4n) is 3.15. The number of carboxylic acids is 1. The Morgan fingerprint density at radius 2 is 1.48 bits per heavy atom. The summed E-state index contributed by atoms with van der Waals surface area (Å²) in [7, 11) is 0. The number of benzene rings is 1. The highest BCUT2D eigenvalue weighted by molar-refractivity contribution is 5.94. The molecule has 0 saturated carbocycles. The summed E-state index contributed by atoms with van der Waals surface area (Å²) < 4.78 is 0. The molecule has 0 heterocycles. The summed E-state index contributed by atoms with van der Waals surface area (Å²) in [6.45, 7) is 6.19.